The van der Waals surface area contributed by atoms with Gasteiger partial charge in [0.15, 0.2) is 0 Å². The van der Waals surface area contributed by atoms with Gasteiger partial charge >= 0.3 is 0 Å². The van der Waals surface area contributed by atoms with Crippen LogP contribution in [0.15, 0.2) is 42.6 Å². The van der Waals surface area contributed by atoms with Crippen LogP contribution in [0.2, 0.25) is 5.02 Å². The van der Waals surface area contributed by atoms with Crippen LogP contribution in [0.1, 0.15) is 15.9 Å². The SMILES string of the molecule is NC(=O)c1cccnc1N1CCN(CCc2ccc(Cl)cc2)CC1. The summed E-state index contributed by atoms with van der Waals surface area (Å²) < 4.78 is 0. The quantitative estimate of drug-likeness (QED) is 0.903. The number of amides is 1. The van der Waals surface area contributed by atoms with Crippen LogP contribution >= 0.6 is 11.6 Å². The smallest absolute Gasteiger partial charge is 0.252 e. The van der Waals surface area contributed by atoms with Crippen molar-refractivity contribution in [3.05, 3.63) is 58.7 Å². The van der Waals surface area contributed by atoms with Crippen LogP contribution < -0.4 is 10.6 Å². The Bertz CT molecular complexity index is 696. The van der Waals surface area contributed by atoms with Crippen molar-refractivity contribution in [2.45, 2.75) is 6.42 Å². The van der Waals surface area contributed by atoms with Crippen molar-refractivity contribution >= 4 is 23.3 Å². The third-order valence-electron chi connectivity index (χ3n) is 4.35. The topological polar surface area (TPSA) is 62.5 Å². The number of nitrogens with zero attached hydrogens (tertiary/aromatic N) is 3. The van der Waals surface area contributed by atoms with Gasteiger partial charge in [0, 0.05) is 43.9 Å². The standard InChI is InChI=1S/C18H21ClN4O/c19-15-5-3-14(4-6-15)7-9-22-10-12-23(13-11-22)18-16(17(20)24)2-1-8-21-18/h1-6,8H,7,9-13H2,(H2,20,24). The number of pyridine rings is 1. The number of halogens is 1. The Labute approximate surface area is 147 Å². The maximum atomic E-state index is 11.5. The van der Waals surface area contributed by atoms with Gasteiger partial charge in [0.2, 0.25) is 0 Å². The Morgan fingerprint density at radius 3 is 2.50 bits per heavy atom. The molecule has 0 radical (unpaired) electrons. The van der Waals surface area contributed by atoms with E-state index in [4.69, 9.17) is 17.3 Å². The van der Waals surface area contributed by atoms with Crippen LogP contribution in [-0.2, 0) is 6.42 Å². The molecule has 0 bridgehead atoms. The van der Waals surface area contributed by atoms with Crippen molar-refractivity contribution < 1.29 is 4.79 Å². The van der Waals surface area contributed by atoms with E-state index in [1.54, 1.807) is 18.3 Å². The monoisotopic (exact) mass is 344 g/mol. The zero-order valence-electron chi connectivity index (χ0n) is 13.5. The molecule has 2 N–H and O–H groups in total. The summed E-state index contributed by atoms with van der Waals surface area (Å²) >= 11 is 5.92. The Balaban J connectivity index is 1.54. The molecule has 1 aliphatic rings. The van der Waals surface area contributed by atoms with Crippen LogP contribution in [0.4, 0.5) is 5.82 Å². The number of primary amides is 1. The molecule has 3 rings (SSSR count). The molecule has 5 nitrogen and oxygen atoms in total. The molecule has 0 unspecified atom stereocenters. The molecular weight excluding hydrogens is 324 g/mol. The number of carbonyl (C=O) groups excluding carboxylic acids is 1. The molecule has 1 aromatic carbocycles. The molecule has 6 heteroatoms. The first-order chi connectivity index (χ1) is 11.6. The van der Waals surface area contributed by atoms with Gasteiger partial charge in [-0.1, -0.05) is 23.7 Å². The first-order valence-corrected chi connectivity index (χ1v) is 8.48. The normalized spacial score (nSPS) is 15.5. The lowest BCUT2D eigenvalue weighted by atomic mass is 10.1. The van der Waals surface area contributed by atoms with E-state index in [9.17, 15) is 4.79 Å². The summed E-state index contributed by atoms with van der Waals surface area (Å²) in [6.07, 6.45) is 2.71. The number of rotatable bonds is 5. The molecule has 1 aliphatic heterocycles. The molecular formula is C18H21ClN4O. The average Bonchev–Trinajstić information content (AvgIpc) is 2.62. The van der Waals surface area contributed by atoms with Crippen LogP contribution in [0, 0.1) is 0 Å². The predicted octanol–water partition coefficient (Wildman–Crippen LogP) is 2.20. The molecule has 2 heterocycles. The van der Waals surface area contributed by atoms with Gasteiger partial charge in [0.25, 0.3) is 5.91 Å². The lowest BCUT2D eigenvalue weighted by Gasteiger charge is -2.36. The van der Waals surface area contributed by atoms with Crippen molar-refractivity contribution in [3.8, 4) is 0 Å². The van der Waals surface area contributed by atoms with Gasteiger partial charge in [-0.05, 0) is 36.2 Å². The van der Waals surface area contributed by atoms with Crippen LogP contribution in [0.5, 0.6) is 0 Å². The molecule has 126 valence electrons. The van der Waals surface area contributed by atoms with E-state index in [1.165, 1.54) is 5.56 Å². The first kappa shape index (κ1) is 16.7. The Kier molecular flexibility index (Phi) is 5.33. The molecule has 0 saturated carbocycles. The number of aromatic nitrogens is 1. The summed E-state index contributed by atoms with van der Waals surface area (Å²) in [6.45, 7) is 4.60. The predicted molar refractivity (Wildman–Crippen MR) is 96.6 cm³/mol. The van der Waals surface area contributed by atoms with Crippen molar-refractivity contribution in [1.29, 1.82) is 0 Å². The van der Waals surface area contributed by atoms with E-state index in [0.717, 1.165) is 44.2 Å². The van der Waals surface area contributed by atoms with Gasteiger partial charge in [-0.3, -0.25) is 9.69 Å². The average molecular weight is 345 g/mol. The van der Waals surface area contributed by atoms with E-state index in [-0.39, 0.29) is 0 Å². The van der Waals surface area contributed by atoms with Gasteiger partial charge in [0.1, 0.15) is 5.82 Å². The van der Waals surface area contributed by atoms with Crippen molar-refractivity contribution in [2.75, 3.05) is 37.6 Å². The molecule has 2 aromatic rings. The number of nitrogens with two attached hydrogens (primary N) is 1. The molecule has 0 atom stereocenters. The zero-order valence-corrected chi connectivity index (χ0v) is 14.2. The number of anilines is 1. The molecule has 1 fully saturated rings. The highest BCUT2D eigenvalue weighted by molar-refractivity contribution is 6.30. The largest absolute Gasteiger partial charge is 0.365 e. The van der Waals surface area contributed by atoms with Gasteiger partial charge < -0.3 is 10.6 Å². The second-order valence-corrected chi connectivity index (χ2v) is 6.38. The number of hydrogen-bond acceptors (Lipinski definition) is 4. The fraction of sp³-hybridized carbons (Fsp3) is 0.333. The van der Waals surface area contributed by atoms with Crippen LogP contribution in [0.25, 0.3) is 0 Å². The van der Waals surface area contributed by atoms with E-state index >= 15 is 0 Å². The number of piperazine rings is 1. The Hall–Kier alpha value is -2.11. The Morgan fingerprint density at radius 1 is 1.12 bits per heavy atom. The van der Waals surface area contributed by atoms with Gasteiger partial charge in [-0.15, -0.1) is 0 Å². The van der Waals surface area contributed by atoms with E-state index < -0.39 is 5.91 Å². The maximum Gasteiger partial charge on any atom is 0.252 e. The molecule has 1 amide bonds. The maximum absolute atomic E-state index is 11.5. The van der Waals surface area contributed by atoms with Crippen molar-refractivity contribution in [3.63, 3.8) is 0 Å². The minimum atomic E-state index is -0.428. The summed E-state index contributed by atoms with van der Waals surface area (Å²) in [5.41, 5.74) is 7.23. The van der Waals surface area contributed by atoms with Gasteiger partial charge in [-0.2, -0.15) is 0 Å². The van der Waals surface area contributed by atoms with Crippen molar-refractivity contribution in [2.24, 2.45) is 5.73 Å². The molecule has 1 aromatic heterocycles. The van der Waals surface area contributed by atoms with Crippen molar-refractivity contribution in [1.82, 2.24) is 9.88 Å². The zero-order chi connectivity index (χ0) is 16.9. The summed E-state index contributed by atoms with van der Waals surface area (Å²) in [7, 11) is 0. The third-order valence-corrected chi connectivity index (χ3v) is 4.61. The van der Waals surface area contributed by atoms with Crippen LogP contribution in [-0.4, -0.2) is 48.5 Å². The highest BCUT2D eigenvalue weighted by atomic mass is 35.5. The van der Waals surface area contributed by atoms with Gasteiger partial charge in [-0.25, -0.2) is 4.98 Å². The summed E-state index contributed by atoms with van der Waals surface area (Å²) in [5.74, 6) is 0.269. The number of carbonyl (C=O) groups is 1. The van der Waals surface area contributed by atoms with E-state index in [2.05, 4.69) is 26.9 Å². The second kappa shape index (κ2) is 7.64. The second-order valence-electron chi connectivity index (χ2n) is 5.94. The minimum Gasteiger partial charge on any atom is -0.365 e. The summed E-state index contributed by atoms with van der Waals surface area (Å²) in [6, 6.07) is 11.5. The van der Waals surface area contributed by atoms with E-state index in [0.29, 0.717) is 11.4 Å². The summed E-state index contributed by atoms with van der Waals surface area (Å²) in [5, 5.41) is 0.771. The first-order valence-electron chi connectivity index (χ1n) is 8.10. The lowest BCUT2D eigenvalue weighted by Crippen LogP contribution is -2.47. The summed E-state index contributed by atoms with van der Waals surface area (Å²) in [4.78, 5) is 20.5. The van der Waals surface area contributed by atoms with Gasteiger partial charge in [0.05, 0.1) is 5.56 Å². The number of benzene rings is 1. The highest BCUT2D eigenvalue weighted by Crippen LogP contribution is 2.18. The minimum absolute atomic E-state index is 0.428. The van der Waals surface area contributed by atoms with Crippen LogP contribution in [0.3, 0.4) is 0 Å². The molecule has 24 heavy (non-hydrogen) atoms. The Morgan fingerprint density at radius 2 is 1.83 bits per heavy atom. The van der Waals surface area contributed by atoms with E-state index in [1.807, 2.05) is 12.1 Å². The molecule has 0 aliphatic carbocycles. The number of hydrogen-bond donors (Lipinski definition) is 1. The molecule has 0 spiro atoms. The third kappa shape index (κ3) is 4.04. The fourth-order valence-corrected chi connectivity index (χ4v) is 3.09. The fourth-order valence-electron chi connectivity index (χ4n) is 2.96. The molecule has 1 saturated heterocycles. The lowest BCUT2D eigenvalue weighted by molar-refractivity contribution is 0.1000. The highest BCUT2D eigenvalue weighted by Gasteiger charge is 2.21.